The van der Waals surface area contributed by atoms with Crippen LogP contribution in [-0.4, -0.2) is 134 Å². The Morgan fingerprint density at radius 1 is 0.425 bits per heavy atom. The van der Waals surface area contributed by atoms with Gasteiger partial charge < -0.3 is 54.8 Å². The van der Waals surface area contributed by atoms with Gasteiger partial charge >= 0.3 is 41.9 Å². The first-order valence-electron chi connectivity index (χ1n) is 26.9. The molecule has 0 aliphatic rings. The van der Waals surface area contributed by atoms with Gasteiger partial charge in [0.25, 0.3) is 0 Å². The molecule has 0 saturated carbocycles. The summed E-state index contributed by atoms with van der Waals surface area (Å²) in [5.41, 5.74) is 0.494. The van der Waals surface area contributed by atoms with Crippen molar-refractivity contribution in [2.75, 3.05) is 0 Å². The van der Waals surface area contributed by atoms with Crippen molar-refractivity contribution in [3.8, 4) is 0 Å². The van der Waals surface area contributed by atoms with Crippen LogP contribution in [0.5, 0.6) is 0 Å². The van der Waals surface area contributed by atoms with Gasteiger partial charge in [0.05, 0.1) is 0 Å². The predicted molar refractivity (Wildman–Crippen MR) is 292 cm³/mol. The lowest BCUT2D eigenvalue weighted by Crippen LogP contribution is -2.51. The van der Waals surface area contributed by atoms with Gasteiger partial charge in [-0.1, -0.05) is 30.3 Å². The molecule has 0 aliphatic carbocycles. The van der Waals surface area contributed by atoms with E-state index in [9.17, 15) is 52.7 Å². The smallest absolute Gasteiger partial charge is 0.417 e. The summed E-state index contributed by atoms with van der Waals surface area (Å²) >= 11 is 0. The van der Waals surface area contributed by atoms with E-state index >= 15 is 0 Å². The van der Waals surface area contributed by atoms with Crippen LogP contribution in [0.15, 0.2) is 30.3 Å². The van der Waals surface area contributed by atoms with Gasteiger partial charge in [0, 0.05) is 32.1 Å². The number of nitrogens with two attached hydrogens (primary N) is 1. The summed E-state index contributed by atoms with van der Waals surface area (Å²) < 4.78 is 38.5. The van der Waals surface area contributed by atoms with Gasteiger partial charge in [0.2, 0.25) is 23.6 Å². The molecular formula is C57H91N5O18. The minimum atomic E-state index is -1.73. The van der Waals surface area contributed by atoms with E-state index in [0.717, 1.165) is 0 Å². The average molecular weight is 1130 g/mol. The van der Waals surface area contributed by atoms with Gasteiger partial charge in [-0.05, 0) is 162 Å². The van der Waals surface area contributed by atoms with Gasteiger partial charge in [-0.25, -0.2) is 28.9 Å². The Hall–Kier alpha value is -6.65. The van der Waals surface area contributed by atoms with Crippen molar-refractivity contribution in [1.82, 2.24) is 20.9 Å². The van der Waals surface area contributed by atoms with Crippen LogP contribution in [0, 0.1) is 0 Å². The molecule has 0 heterocycles. The third kappa shape index (κ3) is 31.8. The largest absolute Gasteiger partial charge is 0.460 e. The highest BCUT2D eigenvalue weighted by atomic mass is 16.6. The summed E-state index contributed by atoms with van der Waals surface area (Å²) in [6, 6.07) is 1.19. The summed E-state index contributed by atoms with van der Waals surface area (Å²) in [5, 5.41) is 7.60. The molecular weight excluding hydrogens is 1040 g/mol. The second-order valence-corrected chi connectivity index (χ2v) is 25.2. The molecule has 23 nitrogen and oxygen atoms in total. The summed E-state index contributed by atoms with van der Waals surface area (Å²) in [6.45, 7) is 28.6. The molecule has 1 rings (SSSR count). The Kier molecular flexibility index (Phi) is 27.5. The van der Waals surface area contributed by atoms with E-state index < -0.39 is 174 Å². The van der Waals surface area contributed by atoms with Crippen LogP contribution in [0.1, 0.15) is 194 Å². The SMILES string of the molecule is CC(C)(C)OC(=O)CC[C@@H](C(=O)OC(C)(C)C)N(C(=O)CC[C@H](NC(=O)CC[C@H](NC(=O)CC[C@H](NC(=O)CC[C@H](N)C(=O)OC(C)(C)C)C(=O)OC(C)(C)C)C(=O)OC(C)(C)C)C(=O)OC(C)(C)C)C(=O)OCc1ccccc1. The molecule has 0 fully saturated rings. The number of nitrogens with one attached hydrogen (secondary N) is 3. The molecule has 23 heteroatoms. The lowest BCUT2D eigenvalue weighted by molar-refractivity contribution is -0.166. The fourth-order valence-electron chi connectivity index (χ4n) is 6.95. The molecule has 0 radical (unpaired) electrons. The first kappa shape index (κ1) is 71.4. The van der Waals surface area contributed by atoms with Crippen LogP contribution in [0.4, 0.5) is 4.79 Å². The molecule has 0 aromatic heterocycles. The van der Waals surface area contributed by atoms with Gasteiger partial charge in [0.15, 0.2) is 0 Å². The molecule has 5 N–H and O–H groups in total. The number of esters is 6. The molecule has 0 saturated heterocycles. The van der Waals surface area contributed by atoms with Crippen LogP contribution in [0.25, 0.3) is 0 Å². The first-order chi connectivity index (χ1) is 36.3. The number of ether oxygens (including phenoxy) is 7. The van der Waals surface area contributed by atoms with Crippen molar-refractivity contribution < 1.29 is 85.9 Å². The Morgan fingerprint density at radius 3 is 1.14 bits per heavy atom. The number of benzene rings is 1. The normalized spacial score (nSPS) is 14.0. The monoisotopic (exact) mass is 1130 g/mol. The molecule has 0 unspecified atom stereocenters. The number of carbonyl (C=O) groups is 11. The maximum atomic E-state index is 14.4. The van der Waals surface area contributed by atoms with E-state index in [0.29, 0.717) is 10.5 Å². The molecule has 5 atom stereocenters. The van der Waals surface area contributed by atoms with E-state index in [1.165, 1.54) is 0 Å². The van der Waals surface area contributed by atoms with E-state index in [2.05, 4.69) is 16.0 Å². The molecule has 5 amide bonds. The van der Waals surface area contributed by atoms with E-state index in [-0.39, 0.29) is 25.9 Å². The summed E-state index contributed by atoms with van der Waals surface area (Å²) in [5.74, 6) is -8.64. The number of carbonyl (C=O) groups excluding carboxylic acids is 11. The number of hydrogen-bond donors (Lipinski definition) is 4. The van der Waals surface area contributed by atoms with Crippen LogP contribution >= 0.6 is 0 Å². The number of imide groups is 1. The van der Waals surface area contributed by atoms with Crippen molar-refractivity contribution >= 4 is 65.5 Å². The fourth-order valence-corrected chi connectivity index (χ4v) is 6.95. The lowest BCUT2D eigenvalue weighted by atomic mass is 10.1. The van der Waals surface area contributed by atoms with Crippen molar-refractivity contribution in [3.05, 3.63) is 35.9 Å². The van der Waals surface area contributed by atoms with Gasteiger partial charge in [-0.15, -0.1) is 0 Å². The molecule has 0 spiro atoms. The molecule has 452 valence electrons. The van der Waals surface area contributed by atoms with Gasteiger partial charge in [0.1, 0.15) is 70.4 Å². The minimum Gasteiger partial charge on any atom is -0.460 e. The van der Waals surface area contributed by atoms with Crippen molar-refractivity contribution in [2.45, 2.75) is 259 Å². The summed E-state index contributed by atoms with van der Waals surface area (Å²) in [6.07, 6.45) is -5.42. The van der Waals surface area contributed by atoms with Crippen LogP contribution in [0.3, 0.4) is 0 Å². The predicted octanol–water partition coefficient (Wildman–Crippen LogP) is 6.25. The Bertz CT molecular complexity index is 2300. The van der Waals surface area contributed by atoms with Crippen molar-refractivity contribution in [2.24, 2.45) is 5.73 Å². The van der Waals surface area contributed by atoms with Crippen LogP contribution in [0.2, 0.25) is 0 Å². The summed E-state index contributed by atoms with van der Waals surface area (Å²) in [7, 11) is 0. The number of hydrogen-bond acceptors (Lipinski definition) is 19. The number of rotatable bonds is 26. The number of amides is 5. The van der Waals surface area contributed by atoms with Crippen molar-refractivity contribution in [3.63, 3.8) is 0 Å². The topological polar surface area (TPSA) is 318 Å². The molecule has 80 heavy (non-hydrogen) atoms. The third-order valence-electron chi connectivity index (χ3n) is 10.1. The van der Waals surface area contributed by atoms with E-state index in [1.54, 1.807) is 155 Å². The van der Waals surface area contributed by atoms with Crippen LogP contribution in [-0.2, 0) is 87.7 Å². The average Bonchev–Trinajstić information content (AvgIpc) is 3.26. The first-order valence-corrected chi connectivity index (χ1v) is 26.9. The fraction of sp³-hybridized carbons (Fsp3) is 0.702. The zero-order valence-corrected chi connectivity index (χ0v) is 50.4. The lowest BCUT2D eigenvalue weighted by Gasteiger charge is -2.31. The highest BCUT2D eigenvalue weighted by Gasteiger charge is 2.40. The highest BCUT2D eigenvalue weighted by Crippen LogP contribution is 2.22. The van der Waals surface area contributed by atoms with Crippen LogP contribution < -0.4 is 21.7 Å². The highest BCUT2D eigenvalue weighted by molar-refractivity contribution is 5.97. The maximum Gasteiger partial charge on any atom is 0.417 e. The Labute approximate surface area is 471 Å². The second kappa shape index (κ2) is 30.8. The zero-order valence-electron chi connectivity index (χ0n) is 50.4. The standard InChI is InChI=1S/C57H91N5O18/c1-52(2,3)75-45(67)33-28-40(50(72)80-57(16,17)18)62(51(73)74-34-35-22-20-19-21-23-35)44(66)32-27-39(49(71)79-56(13,14)15)61-43(65)31-26-38(48(70)78-55(10,11)12)60-42(64)30-25-37(47(69)77-54(7,8)9)59-41(63)29-24-36(58)46(68)76-53(4,5)6/h19-23,36-40H,24-34,58H2,1-18H3,(H,59,63)(H,60,64)(H,61,65)/t36-,37-,38-,39-,40-/m0/s1. The molecule has 0 bridgehead atoms. The van der Waals surface area contributed by atoms with Gasteiger partial charge in [-0.3, -0.25) is 28.8 Å². The number of nitrogens with zero attached hydrogens (tertiary/aromatic N) is 1. The minimum absolute atomic E-state index is 0.121. The van der Waals surface area contributed by atoms with Crippen molar-refractivity contribution in [1.29, 1.82) is 0 Å². The van der Waals surface area contributed by atoms with E-state index in [4.69, 9.17) is 38.9 Å². The zero-order chi connectivity index (χ0) is 61.8. The Morgan fingerprint density at radius 2 is 0.762 bits per heavy atom. The Balaban J connectivity index is 3.51. The van der Waals surface area contributed by atoms with E-state index in [1.807, 2.05) is 0 Å². The molecule has 0 aliphatic heterocycles. The van der Waals surface area contributed by atoms with Gasteiger partial charge in [-0.2, -0.15) is 0 Å². The second-order valence-electron chi connectivity index (χ2n) is 25.2. The maximum absolute atomic E-state index is 14.4. The third-order valence-corrected chi connectivity index (χ3v) is 10.1. The summed E-state index contributed by atoms with van der Waals surface area (Å²) in [4.78, 5) is 149. The quantitative estimate of drug-likeness (QED) is 0.0588. The molecule has 1 aromatic rings. The molecule has 1 aromatic carbocycles.